The number of benzene rings is 4. The minimum atomic E-state index is -0.0340. The highest BCUT2D eigenvalue weighted by molar-refractivity contribution is 7.15. The van der Waals surface area contributed by atoms with Gasteiger partial charge in [0, 0.05) is 38.3 Å². The fraction of sp³-hybridized carbons (Fsp3) is 0.191. The summed E-state index contributed by atoms with van der Waals surface area (Å²) >= 11 is 1.79. The van der Waals surface area contributed by atoms with Crippen molar-refractivity contribution in [1.29, 1.82) is 0 Å². The number of pyridine rings is 2. The van der Waals surface area contributed by atoms with Crippen LogP contribution in [0.2, 0.25) is 0 Å². The summed E-state index contributed by atoms with van der Waals surface area (Å²) in [5.74, 6) is 1.03. The van der Waals surface area contributed by atoms with Crippen LogP contribution in [-0.2, 0) is 10.8 Å². The van der Waals surface area contributed by atoms with Gasteiger partial charge in [-0.3, -0.25) is 4.90 Å². The molecule has 4 nitrogen and oxygen atoms in total. The van der Waals surface area contributed by atoms with E-state index in [0.29, 0.717) is 5.56 Å². The van der Waals surface area contributed by atoms with Gasteiger partial charge in [-0.2, -0.15) is 0 Å². The molecule has 0 amide bonds. The maximum absolute atomic E-state index is 11.0. The van der Waals surface area contributed by atoms with Crippen LogP contribution in [0.5, 0.6) is 5.75 Å². The molecule has 0 fully saturated rings. The first kappa shape index (κ1) is 34.9. The van der Waals surface area contributed by atoms with E-state index in [1.807, 2.05) is 42.6 Å². The normalized spacial score (nSPS) is 11.8. The average molecular weight is 700 g/mol. The predicted octanol–water partition coefficient (Wildman–Crippen LogP) is 13.3. The molecule has 1 N–H and O–H groups in total. The topological polar surface area (TPSA) is 49.2 Å². The van der Waals surface area contributed by atoms with Gasteiger partial charge in [-0.25, -0.2) is 9.97 Å². The molecule has 0 aliphatic rings. The average Bonchev–Trinajstić information content (AvgIpc) is 3.57. The molecular weight excluding hydrogens is 655 g/mol. The van der Waals surface area contributed by atoms with Crippen molar-refractivity contribution in [3.63, 3.8) is 0 Å². The Morgan fingerprint density at radius 3 is 1.88 bits per heavy atom. The van der Waals surface area contributed by atoms with Crippen LogP contribution in [0.3, 0.4) is 0 Å². The molecule has 52 heavy (non-hydrogen) atoms. The van der Waals surface area contributed by atoms with Crippen molar-refractivity contribution >= 4 is 28.5 Å². The third kappa shape index (κ3) is 7.28. The third-order valence-corrected chi connectivity index (χ3v) is 10.5. The van der Waals surface area contributed by atoms with E-state index in [1.165, 1.54) is 20.9 Å². The van der Waals surface area contributed by atoms with E-state index >= 15 is 0 Å². The SMILES string of the molecule is Cc1ccc(-c2ccccc2N(c2cccc(-c3cc(-c4cc(C(C)(C)C)cc(C(C)(C)C)c4)cc(-c4ccccc4O)n3)c2)c2ccccn2)s1. The number of para-hydroxylation sites is 2. The molecular formula is C47H45N3OS. The van der Waals surface area contributed by atoms with Gasteiger partial charge in [0.25, 0.3) is 0 Å². The van der Waals surface area contributed by atoms with Gasteiger partial charge >= 0.3 is 0 Å². The lowest BCUT2D eigenvalue weighted by Gasteiger charge is -2.27. The number of rotatable bonds is 7. The number of nitrogens with zero attached hydrogens (tertiary/aromatic N) is 3. The minimum Gasteiger partial charge on any atom is -0.507 e. The molecule has 0 bridgehead atoms. The lowest BCUT2D eigenvalue weighted by atomic mass is 9.79. The molecule has 0 radical (unpaired) electrons. The summed E-state index contributed by atoms with van der Waals surface area (Å²) in [6.07, 6.45) is 1.84. The van der Waals surface area contributed by atoms with E-state index in [4.69, 9.17) is 9.97 Å². The maximum Gasteiger partial charge on any atom is 0.137 e. The van der Waals surface area contributed by atoms with E-state index in [2.05, 4.69) is 144 Å². The number of phenolic OH excluding ortho intramolecular Hbond substituents is 1. The number of hydrogen-bond acceptors (Lipinski definition) is 5. The molecule has 7 rings (SSSR count). The molecule has 4 aromatic carbocycles. The second-order valence-corrected chi connectivity index (χ2v) is 16.7. The third-order valence-electron chi connectivity index (χ3n) is 9.43. The van der Waals surface area contributed by atoms with E-state index in [9.17, 15) is 5.11 Å². The molecule has 260 valence electrons. The van der Waals surface area contributed by atoms with Crippen molar-refractivity contribution in [2.75, 3.05) is 4.90 Å². The Morgan fingerprint density at radius 1 is 0.577 bits per heavy atom. The Hall–Kier alpha value is -5.52. The first-order chi connectivity index (χ1) is 24.8. The minimum absolute atomic E-state index is 0.0340. The number of aryl methyl sites for hydroxylation is 1. The fourth-order valence-corrected chi connectivity index (χ4v) is 7.38. The molecule has 7 aromatic rings. The Bertz CT molecular complexity index is 2330. The van der Waals surface area contributed by atoms with Gasteiger partial charge in [0.05, 0.1) is 17.1 Å². The number of thiophene rings is 1. The summed E-state index contributed by atoms with van der Waals surface area (Å²) < 4.78 is 0. The molecule has 3 heterocycles. The second kappa shape index (κ2) is 13.9. The standard InChI is InChI=1S/C47H45N3OS/c1-31-22-23-44(52-31)39-18-8-10-19-42(39)50(45-21-12-13-24-48-45)37-16-14-15-32(27-37)40-28-34(29-41(49-40)38-17-9-11-20-43(38)51)33-25-35(46(2,3)4)30-36(26-33)47(5,6)7/h8-30,51H,1-7H3. The van der Waals surface area contributed by atoms with Crippen LogP contribution in [0, 0.1) is 6.92 Å². The summed E-state index contributed by atoms with van der Waals surface area (Å²) in [5, 5.41) is 11.0. The smallest absolute Gasteiger partial charge is 0.137 e. The monoisotopic (exact) mass is 699 g/mol. The van der Waals surface area contributed by atoms with Gasteiger partial charge in [-0.05, 0) is 107 Å². The van der Waals surface area contributed by atoms with Crippen molar-refractivity contribution in [3.8, 4) is 49.8 Å². The van der Waals surface area contributed by atoms with Gasteiger partial charge < -0.3 is 5.11 Å². The molecule has 0 aliphatic heterocycles. The van der Waals surface area contributed by atoms with Crippen LogP contribution in [0.1, 0.15) is 57.5 Å². The van der Waals surface area contributed by atoms with E-state index in [-0.39, 0.29) is 16.6 Å². The van der Waals surface area contributed by atoms with Crippen LogP contribution < -0.4 is 4.90 Å². The Balaban J connectivity index is 1.44. The summed E-state index contributed by atoms with van der Waals surface area (Å²) in [7, 11) is 0. The fourth-order valence-electron chi connectivity index (χ4n) is 6.47. The first-order valence-corrected chi connectivity index (χ1v) is 18.6. The molecule has 3 aromatic heterocycles. The molecule has 0 saturated carbocycles. The number of hydrogen-bond donors (Lipinski definition) is 1. The number of phenols is 1. The van der Waals surface area contributed by atoms with Crippen LogP contribution in [0.15, 0.2) is 140 Å². The van der Waals surface area contributed by atoms with Crippen molar-refractivity contribution in [2.45, 2.75) is 59.3 Å². The highest BCUT2D eigenvalue weighted by Gasteiger charge is 2.23. The lowest BCUT2D eigenvalue weighted by molar-refractivity contribution is 0.477. The maximum atomic E-state index is 11.0. The van der Waals surface area contributed by atoms with Crippen LogP contribution >= 0.6 is 11.3 Å². The first-order valence-electron chi connectivity index (χ1n) is 17.8. The van der Waals surface area contributed by atoms with Crippen molar-refractivity contribution in [2.24, 2.45) is 0 Å². The Labute approximate surface area is 312 Å². The number of aromatic hydroxyl groups is 1. The largest absolute Gasteiger partial charge is 0.507 e. The predicted molar refractivity (Wildman–Crippen MR) is 220 cm³/mol. The summed E-state index contributed by atoms with van der Waals surface area (Å²) in [6, 6.07) is 46.1. The highest BCUT2D eigenvalue weighted by atomic mass is 32.1. The number of anilines is 3. The van der Waals surface area contributed by atoms with Crippen molar-refractivity contribution < 1.29 is 5.11 Å². The van der Waals surface area contributed by atoms with E-state index < -0.39 is 0 Å². The lowest BCUT2D eigenvalue weighted by Crippen LogP contribution is -2.16. The summed E-state index contributed by atoms with van der Waals surface area (Å²) in [4.78, 5) is 14.8. The van der Waals surface area contributed by atoms with Crippen LogP contribution in [-0.4, -0.2) is 15.1 Å². The van der Waals surface area contributed by atoms with Crippen molar-refractivity contribution in [3.05, 3.63) is 156 Å². The van der Waals surface area contributed by atoms with E-state index in [1.54, 1.807) is 17.4 Å². The molecule has 0 saturated heterocycles. The number of aromatic nitrogens is 2. The van der Waals surface area contributed by atoms with Gasteiger partial charge in [0.1, 0.15) is 11.6 Å². The van der Waals surface area contributed by atoms with E-state index in [0.717, 1.165) is 50.8 Å². The highest BCUT2D eigenvalue weighted by Crippen LogP contribution is 2.43. The zero-order valence-electron chi connectivity index (χ0n) is 31.0. The van der Waals surface area contributed by atoms with Gasteiger partial charge in [0.2, 0.25) is 0 Å². The molecule has 0 aliphatic carbocycles. The Morgan fingerprint density at radius 2 is 1.23 bits per heavy atom. The second-order valence-electron chi connectivity index (χ2n) is 15.4. The molecule has 0 atom stereocenters. The van der Waals surface area contributed by atoms with Gasteiger partial charge in [-0.1, -0.05) is 108 Å². The quantitative estimate of drug-likeness (QED) is 0.180. The molecule has 5 heteroatoms. The Kier molecular flexibility index (Phi) is 9.33. The molecule has 0 unspecified atom stereocenters. The summed E-state index contributed by atoms with van der Waals surface area (Å²) in [5.41, 5.74) is 11.0. The van der Waals surface area contributed by atoms with Gasteiger partial charge in [0.15, 0.2) is 0 Å². The van der Waals surface area contributed by atoms with Crippen molar-refractivity contribution in [1.82, 2.24) is 9.97 Å². The van der Waals surface area contributed by atoms with Crippen LogP contribution in [0.4, 0.5) is 17.2 Å². The summed E-state index contributed by atoms with van der Waals surface area (Å²) in [6.45, 7) is 15.7. The van der Waals surface area contributed by atoms with Crippen LogP contribution in [0.25, 0.3) is 44.1 Å². The molecule has 0 spiro atoms. The zero-order chi connectivity index (χ0) is 36.6. The zero-order valence-corrected chi connectivity index (χ0v) is 31.8. The van der Waals surface area contributed by atoms with Gasteiger partial charge in [-0.15, -0.1) is 11.3 Å².